The topological polar surface area (TPSA) is 200 Å². The van der Waals surface area contributed by atoms with Crippen LogP contribution < -0.4 is 21.3 Å². The Balaban J connectivity index is 1.26. The van der Waals surface area contributed by atoms with E-state index in [0.717, 1.165) is 0 Å². The van der Waals surface area contributed by atoms with Gasteiger partial charge >= 0.3 is 0 Å². The van der Waals surface area contributed by atoms with E-state index in [1.807, 2.05) is 12.1 Å². The van der Waals surface area contributed by atoms with Crippen molar-refractivity contribution in [1.82, 2.24) is 0 Å². The van der Waals surface area contributed by atoms with E-state index >= 15 is 0 Å². The first-order valence-electron chi connectivity index (χ1n) is 17.6. The molecule has 5 aromatic carbocycles. The average Bonchev–Trinajstić information content (AvgIpc) is 3.19. The minimum atomic E-state index is -1.56. The van der Waals surface area contributed by atoms with E-state index in [1.54, 1.807) is 62.4 Å². The lowest BCUT2D eigenvalue weighted by atomic mass is 10.0. The van der Waals surface area contributed by atoms with Crippen LogP contribution in [0, 0.1) is 13.8 Å². The Hall–Kier alpha value is -6.90. The fraction of sp³-hybridized carbons (Fsp3) is 0.143. The van der Waals surface area contributed by atoms with Gasteiger partial charge in [0.25, 0.3) is 23.6 Å². The van der Waals surface area contributed by atoms with Gasteiger partial charge in [0.05, 0.1) is 10.0 Å². The summed E-state index contributed by atoms with van der Waals surface area (Å²) < 4.78 is 0. The van der Waals surface area contributed by atoms with Crippen molar-refractivity contribution in [2.75, 3.05) is 21.3 Å². The third-order valence-electron chi connectivity index (χ3n) is 8.61. The molecule has 0 bridgehead atoms. The van der Waals surface area contributed by atoms with Gasteiger partial charge in [-0.2, -0.15) is 20.5 Å². The van der Waals surface area contributed by atoms with E-state index in [1.165, 1.54) is 62.4 Å². The number of ketones is 2. The van der Waals surface area contributed by atoms with Crippen LogP contribution in [-0.2, 0) is 19.2 Å². The van der Waals surface area contributed by atoms with Crippen molar-refractivity contribution in [2.24, 2.45) is 20.5 Å². The van der Waals surface area contributed by atoms with Gasteiger partial charge in [-0.25, -0.2) is 0 Å². The predicted molar refractivity (Wildman–Crippen MR) is 223 cm³/mol. The molecule has 2 unspecified atom stereocenters. The average molecular weight is 820 g/mol. The fourth-order valence-electron chi connectivity index (χ4n) is 5.28. The summed E-state index contributed by atoms with van der Waals surface area (Å²) in [4.78, 5) is 77.4. The van der Waals surface area contributed by atoms with Gasteiger partial charge in [0.15, 0.2) is 11.6 Å². The maximum atomic E-state index is 13.3. The standard InChI is InChI=1S/C42H36Cl2N8O6/c1-23-24(2)34(48-42(58)38(26(4)54)52-50-36-22-28(16-18-32(36)44)40(56)46-30-13-9-6-10-14-30)20-19-33(23)47-41(57)37(25(3)53)51-49-35-21-27(15-17-31(35)43)39(55)45-29-11-7-5-8-12-29/h5-22,37-38H,1-4H3,(H,45,55)(H,46,56)(H,47,57)(H,48,58). The molecule has 0 radical (unpaired) electrons. The summed E-state index contributed by atoms with van der Waals surface area (Å²) >= 11 is 12.6. The van der Waals surface area contributed by atoms with Crippen LogP contribution in [0.5, 0.6) is 0 Å². The molecule has 5 rings (SSSR count). The lowest BCUT2D eigenvalue weighted by molar-refractivity contribution is -0.127. The number of carbonyl (C=O) groups is 6. The molecule has 4 N–H and O–H groups in total. The van der Waals surface area contributed by atoms with Crippen molar-refractivity contribution < 1.29 is 28.8 Å². The Morgan fingerprint density at radius 1 is 0.500 bits per heavy atom. The summed E-state index contributed by atoms with van der Waals surface area (Å²) in [7, 11) is 0. The summed E-state index contributed by atoms with van der Waals surface area (Å²) in [6.45, 7) is 5.73. The molecule has 5 aromatic rings. The molecule has 0 fully saturated rings. The molecular formula is C42H36Cl2N8O6. The number of carbonyl (C=O) groups excluding carboxylic acids is 6. The van der Waals surface area contributed by atoms with Crippen LogP contribution >= 0.6 is 23.2 Å². The second-order valence-corrected chi connectivity index (χ2v) is 13.6. The third-order valence-corrected chi connectivity index (χ3v) is 9.25. The minimum Gasteiger partial charge on any atom is -0.324 e. The maximum Gasteiger partial charge on any atom is 0.258 e. The fourth-order valence-corrected chi connectivity index (χ4v) is 5.59. The van der Waals surface area contributed by atoms with Crippen LogP contribution in [0.15, 0.2) is 130 Å². The number of nitrogens with zero attached hydrogens (tertiary/aromatic N) is 4. The number of hydrogen-bond donors (Lipinski definition) is 4. The second-order valence-electron chi connectivity index (χ2n) is 12.8. The molecule has 0 spiro atoms. The highest BCUT2D eigenvalue weighted by Crippen LogP contribution is 2.30. The molecule has 4 amide bonds. The van der Waals surface area contributed by atoms with Crippen LogP contribution in [0.2, 0.25) is 10.0 Å². The molecular weight excluding hydrogens is 783 g/mol. The highest BCUT2D eigenvalue weighted by molar-refractivity contribution is 6.33. The summed E-state index contributed by atoms with van der Waals surface area (Å²) in [5.41, 5.74) is 3.44. The SMILES string of the molecule is CC(=O)C(N=Nc1cc(C(=O)Nc2ccccc2)ccc1Cl)C(=O)Nc1ccc(NC(=O)C(N=Nc2cc(C(=O)Nc3ccccc3)ccc2Cl)C(C)=O)c(C)c1C. The largest absolute Gasteiger partial charge is 0.324 e. The van der Waals surface area contributed by atoms with E-state index in [9.17, 15) is 28.8 Å². The van der Waals surface area contributed by atoms with Crippen molar-refractivity contribution >= 4 is 92.5 Å². The molecule has 0 heterocycles. The predicted octanol–water partition coefficient (Wildman–Crippen LogP) is 9.47. The van der Waals surface area contributed by atoms with Crippen molar-refractivity contribution in [3.05, 3.63) is 141 Å². The van der Waals surface area contributed by atoms with E-state index < -0.39 is 47.3 Å². The molecule has 0 aliphatic heterocycles. The molecule has 0 aromatic heterocycles. The van der Waals surface area contributed by atoms with Gasteiger partial charge in [0, 0.05) is 33.9 Å². The van der Waals surface area contributed by atoms with Gasteiger partial charge in [-0.1, -0.05) is 59.6 Å². The molecule has 0 saturated carbocycles. The first-order valence-corrected chi connectivity index (χ1v) is 18.3. The number of anilines is 4. The Labute approximate surface area is 343 Å². The van der Waals surface area contributed by atoms with Gasteiger partial charge in [0.2, 0.25) is 12.1 Å². The van der Waals surface area contributed by atoms with Crippen molar-refractivity contribution in [3.8, 4) is 0 Å². The first kappa shape index (κ1) is 42.2. The highest BCUT2D eigenvalue weighted by Gasteiger charge is 2.26. The Kier molecular flexibility index (Phi) is 14.1. The second kappa shape index (κ2) is 19.3. The van der Waals surface area contributed by atoms with Crippen LogP contribution in [0.3, 0.4) is 0 Å². The van der Waals surface area contributed by atoms with Gasteiger partial charge in [-0.15, -0.1) is 0 Å². The number of azo groups is 2. The number of nitrogens with one attached hydrogen (secondary N) is 4. The van der Waals surface area contributed by atoms with E-state index in [2.05, 4.69) is 41.7 Å². The number of halogens is 2. The Morgan fingerprint density at radius 3 is 1.21 bits per heavy atom. The summed E-state index contributed by atoms with van der Waals surface area (Å²) in [6.07, 6.45) is 0. The van der Waals surface area contributed by atoms with Crippen LogP contribution in [-0.4, -0.2) is 47.3 Å². The molecule has 294 valence electrons. The number of hydrogen-bond acceptors (Lipinski definition) is 10. The van der Waals surface area contributed by atoms with Crippen molar-refractivity contribution in [3.63, 3.8) is 0 Å². The van der Waals surface area contributed by atoms with E-state index in [-0.39, 0.29) is 32.5 Å². The number of para-hydroxylation sites is 2. The van der Waals surface area contributed by atoms with Gasteiger partial charge in [-0.3, -0.25) is 28.8 Å². The lowest BCUT2D eigenvalue weighted by Crippen LogP contribution is -2.33. The summed E-state index contributed by atoms with van der Waals surface area (Å²) in [5, 5.41) is 27.2. The van der Waals surface area contributed by atoms with Gasteiger partial charge in [0.1, 0.15) is 11.4 Å². The van der Waals surface area contributed by atoms with Crippen LogP contribution in [0.25, 0.3) is 0 Å². The number of Topliss-reactive ketones (excluding diaryl/α,β-unsaturated/α-hetero) is 2. The zero-order valence-electron chi connectivity index (χ0n) is 31.5. The Bertz CT molecular complexity index is 2290. The smallest absolute Gasteiger partial charge is 0.258 e. The normalized spacial score (nSPS) is 12.1. The summed E-state index contributed by atoms with van der Waals surface area (Å²) in [6, 6.07) is 26.2. The number of amides is 4. The summed E-state index contributed by atoms with van der Waals surface area (Å²) in [5.74, 6) is -3.65. The molecule has 0 saturated heterocycles. The molecule has 58 heavy (non-hydrogen) atoms. The monoisotopic (exact) mass is 818 g/mol. The minimum absolute atomic E-state index is 0.0693. The van der Waals surface area contributed by atoms with Crippen LogP contribution in [0.4, 0.5) is 34.1 Å². The number of benzene rings is 5. The zero-order valence-corrected chi connectivity index (χ0v) is 33.1. The van der Waals surface area contributed by atoms with E-state index in [0.29, 0.717) is 33.9 Å². The molecule has 16 heteroatoms. The number of rotatable bonds is 14. The third kappa shape index (κ3) is 10.9. The molecule has 2 atom stereocenters. The highest BCUT2D eigenvalue weighted by atomic mass is 35.5. The maximum absolute atomic E-state index is 13.3. The van der Waals surface area contributed by atoms with Crippen molar-refractivity contribution in [1.29, 1.82) is 0 Å². The Morgan fingerprint density at radius 2 is 0.862 bits per heavy atom. The molecule has 14 nitrogen and oxygen atoms in total. The molecule has 0 aliphatic rings. The lowest BCUT2D eigenvalue weighted by Gasteiger charge is -2.17. The van der Waals surface area contributed by atoms with E-state index in [4.69, 9.17) is 23.2 Å². The quantitative estimate of drug-likeness (QED) is 0.0635. The molecule has 0 aliphatic carbocycles. The first-order chi connectivity index (χ1) is 27.7. The van der Waals surface area contributed by atoms with Gasteiger partial charge in [-0.05, 0) is 112 Å². The van der Waals surface area contributed by atoms with Crippen molar-refractivity contribution in [2.45, 2.75) is 39.8 Å². The van der Waals surface area contributed by atoms with Gasteiger partial charge < -0.3 is 21.3 Å². The van der Waals surface area contributed by atoms with Crippen LogP contribution in [0.1, 0.15) is 45.7 Å². The zero-order chi connectivity index (χ0) is 41.9.